The summed E-state index contributed by atoms with van der Waals surface area (Å²) >= 11 is 3.64. The van der Waals surface area contributed by atoms with Crippen molar-refractivity contribution in [3.8, 4) is 0 Å². The molecule has 1 aromatic rings. The molecule has 0 aliphatic heterocycles. The lowest BCUT2D eigenvalue weighted by Crippen LogP contribution is -2.32. The van der Waals surface area contributed by atoms with Gasteiger partial charge in [-0.3, -0.25) is 0 Å². The zero-order valence-corrected chi connectivity index (χ0v) is 12.9. The van der Waals surface area contributed by atoms with Crippen molar-refractivity contribution in [2.45, 2.75) is 39.2 Å². The lowest BCUT2D eigenvalue weighted by Gasteiger charge is -2.33. The Morgan fingerprint density at radius 1 is 1.44 bits per heavy atom. The third-order valence-corrected chi connectivity index (χ3v) is 4.61. The van der Waals surface area contributed by atoms with Crippen LogP contribution in [0.15, 0.2) is 22.7 Å². The minimum Gasteiger partial charge on any atom is -0.372 e. The number of anilines is 1. The van der Waals surface area contributed by atoms with Crippen LogP contribution in [-0.4, -0.2) is 13.1 Å². The van der Waals surface area contributed by atoms with Gasteiger partial charge in [0.15, 0.2) is 0 Å². The average molecular weight is 311 g/mol. The number of halogens is 1. The number of benzene rings is 1. The van der Waals surface area contributed by atoms with Crippen molar-refractivity contribution in [3.05, 3.63) is 28.2 Å². The van der Waals surface area contributed by atoms with E-state index in [0.717, 1.165) is 16.9 Å². The summed E-state index contributed by atoms with van der Waals surface area (Å²) in [7, 11) is 0. The van der Waals surface area contributed by atoms with Gasteiger partial charge in [0.25, 0.3) is 0 Å². The molecule has 0 heterocycles. The lowest BCUT2D eigenvalue weighted by molar-refractivity contribution is 0.318. The summed E-state index contributed by atoms with van der Waals surface area (Å²) in [6.45, 7) is 6.51. The van der Waals surface area contributed by atoms with Crippen LogP contribution in [0, 0.1) is 5.92 Å². The van der Waals surface area contributed by atoms with Gasteiger partial charge in [0, 0.05) is 29.3 Å². The molecule has 0 bridgehead atoms. The molecule has 0 amide bonds. The molecule has 1 aliphatic rings. The van der Waals surface area contributed by atoms with Crippen molar-refractivity contribution in [1.82, 2.24) is 0 Å². The smallest absolute Gasteiger partial charge is 0.0377 e. The normalized spacial score (nSPS) is 17.3. The van der Waals surface area contributed by atoms with Gasteiger partial charge in [-0.1, -0.05) is 28.4 Å². The first-order chi connectivity index (χ1) is 8.61. The first-order valence-electron chi connectivity index (χ1n) is 6.91. The van der Waals surface area contributed by atoms with Crippen LogP contribution in [0.1, 0.15) is 44.7 Å². The van der Waals surface area contributed by atoms with Crippen LogP contribution in [0.3, 0.4) is 0 Å². The summed E-state index contributed by atoms with van der Waals surface area (Å²) in [5, 5.41) is 0. The quantitative estimate of drug-likeness (QED) is 0.887. The molecule has 100 valence electrons. The van der Waals surface area contributed by atoms with Gasteiger partial charge in [-0.25, -0.2) is 0 Å². The van der Waals surface area contributed by atoms with Gasteiger partial charge in [0.1, 0.15) is 0 Å². The highest BCUT2D eigenvalue weighted by atomic mass is 79.9. The Morgan fingerprint density at radius 2 is 2.17 bits per heavy atom. The molecule has 2 nitrogen and oxygen atoms in total. The Hall–Kier alpha value is -0.540. The van der Waals surface area contributed by atoms with Crippen LogP contribution in [0.2, 0.25) is 0 Å². The summed E-state index contributed by atoms with van der Waals surface area (Å²) in [4.78, 5) is 2.47. The highest BCUT2D eigenvalue weighted by Gasteiger charge is 2.20. The summed E-state index contributed by atoms with van der Waals surface area (Å²) in [6, 6.07) is 6.63. The molecule has 0 unspecified atom stereocenters. The van der Waals surface area contributed by atoms with E-state index in [4.69, 9.17) is 5.73 Å². The van der Waals surface area contributed by atoms with Crippen LogP contribution < -0.4 is 10.6 Å². The molecular formula is C15H23BrN2. The Kier molecular flexibility index (Phi) is 4.68. The van der Waals surface area contributed by atoms with Gasteiger partial charge >= 0.3 is 0 Å². The topological polar surface area (TPSA) is 29.3 Å². The highest BCUT2D eigenvalue weighted by Crippen LogP contribution is 2.31. The summed E-state index contributed by atoms with van der Waals surface area (Å²) in [6.07, 6.45) is 4.21. The van der Waals surface area contributed by atoms with Crippen molar-refractivity contribution < 1.29 is 0 Å². The van der Waals surface area contributed by atoms with Crippen LogP contribution >= 0.6 is 15.9 Å². The van der Waals surface area contributed by atoms with Crippen molar-refractivity contribution in [3.63, 3.8) is 0 Å². The molecule has 1 atom stereocenters. The Bertz CT molecular complexity index is 399. The molecule has 2 N–H and O–H groups in total. The Balaban J connectivity index is 2.12. The molecule has 0 spiro atoms. The minimum absolute atomic E-state index is 0.0788. The standard InChI is InChI=1S/C15H23BrN2/c1-3-18(10-12-5-4-6-12)13-7-8-14(11(2)17)15(16)9-13/h7-9,11-12H,3-6,10,17H2,1-2H3/t11-/m0/s1. The summed E-state index contributed by atoms with van der Waals surface area (Å²) in [5.41, 5.74) is 8.43. The third kappa shape index (κ3) is 3.07. The van der Waals surface area contributed by atoms with Gasteiger partial charge in [-0.2, -0.15) is 0 Å². The summed E-state index contributed by atoms with van der Waals surface area (Å²) < 4.78 is 1.13. The first kappa shape index (κ1) is 13.9. The molecule has 1 aliphatic carbocycles. The van der Waals surface area contributed by atoms with E-state index in [1.807, 2.05) is 6.92 Å². The minimum atomic E-state index is 0.0788. The maximum Gasteiger partial charge on any atom is 0.0377 e. The molecule has 0 radical (unpaired) electrons. The second-order valence-corrected chi connectivity index (χ2v) is 6.18. The van der Waals surface area contributed by atoms with Gasteiger partial charge in [-0.15, -0.1) is 0 Å². The third-order valence-electron chi connectivity index (χ3n) is 3.92. The second kappa shape index (κ2) is 6.07. The van der Waals surface area contributed by atoms with E-state index in [1.165, 1.54) is 37.1 Å². The van der Waals surface area contributed by atoms with E-state index in [2.05, 4.69) is 46.0 Å². The van der Waals surface area contributed by atoms with Crippen LogP contribution in [0.25, 0.3) is 0 Å². The maximum atomic E-state index is 5.94. The predicted molar refractivity (Wildman–Crippen MR) is 82.0 cm³/mol. The van der Waals surface area contributed by atoms with Gasteiger partial charge in [0.05, 0.1) is 0 Å². The SMILES string of the molecule is CCN(CC1CCC1)c1ccc([C@H](C)N)c(Br)c1. The molecule has 1 aromatic carbocycles. The first-order valence-corrected chi connectivity index (χ1v) is 7.71. The molecule has 1 fully saturated rings. The van der Waals surface area contributed by atoms with Crippen molar-refractivity contribution in [1.29, 1.82) is 0 Å². The van der Waals surface area contributed by atoms with Crippen molar-refractivity contribution in [2.75, 3.05) is 18.0 Å². The molecule has 0 aromatic heterocycles. The molecule has 1 saturated carbocycles. The van der Waals surface area contributed by atoms with E-state index < -0.39 is 0 Å². The zero-order valence-electron chi connectivity index (χ0n) is 11.3. The van der Waals surface area contributed by atoms with Crippen molar-refractivity contribution >= 4 is 21.6 Å². The number of nitrogens with two attached hydrogens (primary N) is 1. The lowest BCUT2D eigenvalue weighted by atomic mass is 9.85. The molecule has 0 saturated heterocycles. The van der Waals surface area contributed by atoms with Gasteiger partial charge < -0.3 is 10.6 Å². The van der Waals surface area contributed by atoms with E-state index in [1.54, 1.807) is 0 Å². The van der Waals surface area contributed by atoms with Crippen LogP contribution in [0.5, 0.6) is 0 Å². The fourth-order valence-corrected chi connectivity index (χ4v) is 3.21. The molecule has 2 rings (SSSR count). The number of nitrogens with zero attached hydrogens (tertiary/aromatic N) is 1. The molecular weight excluding hydrogens is 288 g/mol. The van der Waals surface area contributed by atoms with Crippen LogP contribution in [-0.2, 0) is 0 Å². The van der Waals surface area contributed by atoms with Crippen LogP contribution in [0.4, 0.5) is 5.69 Å². The summed E-state index contributed by atoms with van der Waals surface area (Å²) in [5.74, 6) is 0.900. The Labute approximate surface area is 119 Å². The number of hydrogen-bond acceptors (Lipinski definition) is 2. The maximum absolute atomic E-state index is 5.94. The second-order valence-electron chi connectivity index (χ2n) is 5.33. The monoisotopic (exact) mass is 310 g/mol. The fraction of sp³-hybridized carbons (Fsp3) is 0.600. The average Bonchev–Trinajstić information content (AvgIpc) is 2.27. The Morgan fingerprint density at radius 3 is 2.61 bits per heavy atom. The van der Waals surface area contributed by atoms with Gasteiger partial charge in [0.2, 0.25) is 0 Å². The van der Waals surface area contributed by atoms with E-state index in [9.17, 15) is 0 Å². The van der Waals surface area contributed by atoms with Crippen molar-refractivity contribution in [2.24, 2.45) is 11.7 Å². The van der Waals surface area contributed by atoms with Gasteiger partial charge in [-0.05, 0) is 50.3 Å². The number of rotatable bonds is 5. The molecule has 18 heavy (non-hydrogen) atoms. The number of hydrogen-bond donors (Lipinski definition) is 1. The predicted octanol–water partition coefficient (Wildman–Crippen LogP) is 4.10. The zero-order chi connectivity index (χ0) is 13.1. The largest absolute Gasteiger partial charge is 0.372 e. The van der Waals surface area contributed by atoms with E-state index in [-0.39, 0.29) is 6.04 Å². The fourth-order valence-electron chi connectivity index (χ4n) is 2.49. The highest BCUT2D eigenvalue weighted by molar-refractivity contribution is 9.10. The van der Waals surface area contributed by atoms with E-state index in [0.29, 0.717) is 0 Å². The molecule has 3 heteroatoms. The van der Waals surface area contributed by atoms with E-state index >= 15 is 0 Å².